The van der Waals surface area contributed by atoms with Crippen LogP contribution >= 0.6 is 11.3 Å². The average molecular weight is 429 g/mol. The summed E-state index contributed by atoms with van der Waals surface area (Å²) >= 11 is 1.62. The molecule has 2 aromatic heterocycles. The summed E-state index contributed by atoms with van der Waals surface area (Å²) in [4.78, 5) is 10.7. The number of aliphatic hydroxyl groups is 4. The first-order chi connectivity index (χ1) is 14.5. The Bertz CT molecular complexity index is 994. The van der Waals surface area contributed by atoms with Crippen molar-refractivity contribution < 1.29 is 25.2 Å². The van der Waals surface area contributed by atoms with Crippen LogP contribution in [0, 0.1) is 6.92 Å². The number of hydrogen-bond acceptors (Lipinski definition) is 8. The van der Waals surface area contributed by atoms with Crippen LogP contribution in [0.1, 0.15) is 27.7 Å². The Morgan fingerprint density at radius 1 is 1.00 bits per heavy atom. The molecule has 0 aliphatic carbocycles. The second kappa shape index (κ2) is 8.89. The Morgan fingerprint density at radius 3 is 2.50 bits per heavy atom. The van der Waals surface area contributed by atoms with Gasteiger partial charge in [-0.25, -0.2) is 9.97 Å². The van der Waals surface area contributed by atoms with Crippen LogP contribution in [0.4, 0.5) is 0 Å². The van der Waals surface area contributed by atoms with Crippen LogP contribution in [0.5, 0.6) is 0 Å². The van der Waals surface area contributed by atoms with Gasteiger partial charge in [0.15, 0.2) is 5.82 Å². The molecule has 3 aromatic rings. The first-order valence-corrected chi connectivity index (χ1v) is 10.6. The van der Waals surface area contributed by atoms with E-state index in [1.807, 2.05) is 31.2 Å². The van der Waals surface area contributed by atoms with Crippen molar-refractivity contribution in [1.82, 2.24) is 9.97 Å². The lowest BCUT2D eigenvalue weighted by atomic mass is 9.89. The molecule has 30 heavy (non-hydrogen) atoms. The predicted octanol–water partition coefficient (Wildman–Crippen LogP) is 1.62. The number of aliphatic hydroxyl groups excluding tert-OH is 4. The topological polar surface area (TPSA) is 116 Å². The fourth-order valence-electron chi connectivity index (χ4n) is 3.64. The minimum absolute atomic E-state index is 0.445. The minimum atomic E-state index is -1.39. The van der Waals surface area contributed by atoms with Crippen molar-refractivity contribution in [1.29, 1.82) is 0 Å². The molecule has 1 aliphatic heterocycles. The smallest absolute Gasteiger partial charge is 0.169 e. The second-order valence-corrected chi connectivity index (χ2v) is 8.62. The standard InChI is InChI=1S/C22H24N2O5S/c1-12-3-4-13(21-20(28)19(27)18(26)16(11-25)29-21)9-14(12)10-15-5-6-17(30-15)22-23-7-2-8-24-22/h2-9,16,18-21,25-28H,10-11H2,1H3/t16-,18-,19+,20-,21?/m1/s1. The fraction of sp³-hybridized carbons (Fsp3) is 0.364. The van der Waals surface area contributed by atoms with Crippen molar-refractivity contribution in [2.45, 2.75) is 43.9 Å². The first kappa shape index (κ1) is 21.0. The van der Waals surface area contributed by atoms with Crippen LogP contribution in [0.3, 0.4) is 0 Å². The third-order valence-corrected chi connectivity index (χ3v) is 6.49. The third kappa shape index (κ3) is 4.15. The molecular weight excluding hydrogens is 404 g/mol. The zero-order valence-electron chi connectivity index (χ0n) is 16.4. The van der Waals surface area contributed by atoms with Gasteiger partial charge in [-0.2, -0.15) is 0 Å². The molecule has 0 saturated carbocycles. The molecule has 7 nitrogen and oxygen atoms in total. The molecule has 0 bridgehead atoms. The molecule has 0 amide bonds. The number of rotatable bonds is 5. The van der Waals surface area contributed by atoms with Crippen LogP contribution in [-0.2, 0) is 11.2 Å². The number of nitrogens with zero attached hydrogens (tertiary/aromatic N) is 2. The molecule has 4 rings (SSSR count). The van der Waals surface area contributed by atoms with Gasteiger partial charge >= 0.3 is 0 Å². The first-order valence-electron chi connectivity index (χ1n) is 9.74. The molecule has 8 heteroatoms. The van der Waals surface area contributed by atoms with Crippen molar-refractivity contribution >= 4 is 11.3 Å². The summed E-state index contributed by atoms with van der Waals surface area (Å²) in [6.45, 7) is 1.57. The highest BCUT2D eigenvalue weighted by atomic mass is 32.1. The summed E-state index contributed by atoms with van der Waals surface area (Å²) in [7, 11) is 0. The van der Waals surface area contributed by atoms with E-state index < -0.39 is 37.1 Å². The average Bonchev–Trinajstić information content (AvgIpc) is 3.23. The van der Waals surface area contributed by atoms with Crippen LogP contribution in [0.2, 0.25) is 0 Å². The molecule has 4 N–H and O–H groups in total. The van der Waals surface area contributed by atoms with E-state index in [1.165, 1.54) is 0 Å². The summed E-state index contributed by atoms with van der Waals surface area (Å²) in [6.07, 6.45) is -1.69. The lowest BCUT2D eigenvalue weighted by Crippen LogP contribution is -2.55. The Morgan fingerprint density at radius 2 is 1.77 bits per heavy atom. The molecule has 1 aromatic carbocycles. The summed E-state index contributed by atoms with van der Waals surface area (Å²) in [6, 6.07) is 11.6. The molecule has 3 heterocycles. The van der Waals surface area contributed by atoms with Gasteiger partial charge in [-0.1, -0.05) is 18.2 Å². The number of aromatic nitrogens is 2. The summed E-state index contributed by atoms with van der Waals surface area (Å²) in [5.74, 6) is 0.695. The number of benzene rings is 1. The molecule has 0 radical (unpaired) electrons. The molecular formula is C22H24N2O5S. The Kier molecular flexibility index (Phi) is 6.24. The van der Waals surface area contributed by atoms with Crippen molar-refractivity contribution in [2.75, 3.05) is 6.61 Å². The van der Waals surface area contributed by atoms with Crippen molar-refractivity contribution in [2.24, 2.45) is 0 Å². The normalized spacial score (nSPS) is 26.6. The van der Waals surface area contributed by atoms with E-state index >= 15 is 0 Å². The van der Waals surface area contributed by atoms with Crippen molar-refractivity contribution in [3.8, 4) is 10.7 Å². The lowest BCUT2D eigenvalue weighted by molar-refractivity contribution is -0.231. The van der Waals surface area contributed by atoms with Crippen LogP contribution in [0.25, 0.3) is 10.7 Å². The van der Waals surface area contributed by atoms with Gasteiger partial charge in [-0.15, -0.1) is 11.3 Å². The van der Waals surface area contributed by atoms with Gasteiger partial charge in [0.1, 0.15) is 30.5 Å². The van der Waals surface area contributed by atoms with Crippen LogP contribution < -0.4 is 0 Å². The van der Waals surface area contributed by atoms with E-state index in [1.54, 1.807) is 29.8 Å². The summed E-state index contributed by atoms with van der Waals surface area (Å²) in [5, 5.41) is 40.0. The minimum Gasteiger partial charge on any atom is -0.394 e. The highest BCUT2D eigenvalue weighted by molar-refractivity contribution is 7.15. The number of ether oxygens (including phenoxy) is 1. The molecule has 1 aliphatic rings. The van der Waals surface area contributed by atoms with Gasteiger partial charge in [0.05, 0.1) is 11.5 Å². The molecule has 1 fully saturated rings. The number of thiophene rings is 1. The Balaban J connectivity index is 1.57. The van der Waals surface area contributed by atoms with E-state index in [4.69, 9.17) is 4.74 Å². The maximum atomic E-state index is 10.4. The molecule has 5 atom stereocenters. The van der Waals surface area contributed by atoms with E-state index in [9.17, 15) is 20.4 Å². The number of hydrogen-bond donors (Lipinski definition) is 4. The predicted molar refractivity (Wildman–Crippen MR) is 112 cm³/mol. The Hall–Kier alpha value is -2.20. The largest absolute Gasteiger partial charge is 0.394 e. The van der Waals surface area contributed by atoms with Gasteiger partial charge in [0.25, 0.3) is 0 Å². The third-order valence-electron chi connectivity index (χ3n) is 5.41. The van der Waals surface area contributed by atoms with Gasteiger partial charge < -0.3 is 25.2 Å². The summed E-state index contributed by atoms with van der Waals surface area (Å²) < 4.78 is 5.70. The quantitative estimate of drug-likeness (QED) is 0.488. The van der Waals surface area contributed by atoms with Crippen molar-refractivity contribution in [3.63, 3.8) is 0 Å². The molecule has 158 valence electrons. The fourth-order valence-corrected chi connectivity index (χ4v) is 4.62. The van der Waals surface area contributed by atoms with Crippen molar-refractivity contribution in [3.05, 3.63) is 70.4 Å². The van der Waals surface area contributed by atoms with Gasteiger partial charge in [0, 0.05) is 23.7 Å². The summed E-state index contributed by atoms with van der Waals surface area (Å²) in [5.41, 5.74) is 2.84. The van der Waals surface area contributed by atoms with Gasteiger partial charge in [-0.3, -0.25) is 0 Å². The van der Waals surface area contributed by atoms with E-state index in [2.05, 4.69) is 16.0 Å². The van der Waals surface area contributed by atoms with Gasteiger partial charge in [-0.05, 0) is 41.8 Å². The maximum Gasteiger partial charge on any atom is 0.169 e. The number of aryl methyl sites for hydroxylation is 1. The second-order valence-electron chi connectivity index (χ2n) is 7.45. The zero-order chi connectivity index (χ0) is 21.3. The highest BCUT2D eigenvalue weighted by Crippen LogP contribution is 2.34. The molecule has 1 saturated heterocycles. The van der Waals surface area contributed by atoms with Crippen LogP contribution in [-0.4, -0.2) is 61.4 Å². The maximum absolute atomic E-state index is 10.4. The van der Waals surface area contributed by atoms with E-state index in [-0.39, 0.29) is 0 Å². The molecule has 1 unspecified atom stereocenters. The van der Waals surface area contributed by atoms with Crippen LogP contribution in [0.15, 0.2) is 48.8 Å². The monoisotopic (exact) mass is 428 g/mol. The zero-order valence-corrected chi connectivity index (χ0v) is 17.2. The lowest BCUT2D eigenvalue weighted by Gasteiger charge is -2.40. The highest BCUT2D eigenvalue weighted by Gasteiger charge is 2.43. The van der Waals surface area contributed by atoms with E-state index in [0.717, 1.165) is 20.9 Å². The Labute approximate surface area is 178 Å². The van der Waals surface area contributed by atoms with Gasteiger partial charge in [0.2, 0.25) is 0 Å². The SMILES string of the molecule is Cc1ccc(C2O[C@H](CO)[C@@H](O)[C@H](O)[C@H]2O)cc1Cc1ccc(-c2ncccn2)s1. The molecule has 0 spiro atoms. The van der Waals surface area contributed by atoms with E-state index in [0.29, 0.717) is 17.8 Å².